The maximum atomic E-state index is 12.9. The van der Waals surface area contributed by atoms with Crippen LogP contribution < -0.4 is 20.1 Å². The summed E-state index contributed by atoms with van der Waals surface area (Å²) in [6.07, 6.45) is -3.72. The van der Waals surface area contributed by atoms with E-state index >= 15 is 0 Å². The van der Waals surface area contributed by atoms with Crippen LogP contribution in [0.5, 0.6) is 11.5 Å². The number of hydrogen-bond donors (Lipinski definition) is 3. The van der Waals surface area contributed by atoms with E-state index in [-0.39, 0.29) is 17.9 Å². The highest BCUT2D eigenvalue weighted by atomic mass is 19.3. The standard InChI is InChI=1S/C12H12F2N2O4/c13-12(14)19-8-2-1-7(3-9(8)20-12)16-11(4-10(17)18)5-15-6-11/h1-3,15-16H,4-6H2,(H,17,18). The van der Waals surface area contributed by atoms with Crippen LogP contribution in [0.3, 0.4) is 0 Å². The normalized spacial score (nSPS) is 21.1. The van der Waals surface area contributed by atoms with Gasteiger partial charge in [0.2, 0.25) is 0 Å². The maximum Gasteiger partial charge on any atom is 0.586 e. The predicted molar refractivity (Wildman–Crippen MR) is 64.1 cm³/mol. The van der Waals surface area contributed by atoms with Gasteiger partial charge in [0.25, 0.3) is 0 Å². The first-order valence-electron chi connectivity index (χ1n) is 5.98. The lowest BCUT2D eigenvalue weighted by molar-refractivity contribution is -0.286. The van der Waals surface area contributed by atoms with Crippen molar-refractivity contribution >= 4 is 11.7 Å². The summed E-state index contributed by atoms with van der Waals surface area (Å²) in [7, 11) is 0. The van der Waals surface area contributed by atoms with E-state index in [1.54, 1.807) is 6.07 Å². The molecule has 0 saturated carbocycles. The van der Waals surface area contributed by atoms with Crippen molar-refractivity contribution in [3.63, 3.8) is 0 Å². The Balaban J connectivity index is 1.78. The van der Waals surface area contributed by atoms with Crippen molar-refractivity contribution in [1.29, 1.82) is 0 Å². The summed E-state index contributed by atoms with van der Waals surface area (Å²) in [6, 6.07) is 4.28. The number of rotatable bonds is 4. The fourth-order valence-electron chi connectivity index (χ4n) is 2.31. The minimum atomic E-state index is -3.66. The lowest BCUT2D eigenvalue weighted by atomic mass is 9.88. The first-order chi connectivity index (χ1) is 9.38. The van der Waals surface area contributed by atoms with Crippen LogP contribution in [0.25, 0.3) is 0 Å². The molecule has 2 heterocycles. The van der Waals surface area contributed by atoms with Crippen molar-refractivity contribution in [2.75, 3.05) is 18.4 Å². The van der Waals surface area contributed by atoms with Crippen molar-refractivity contribution in [2.45, 2.75) is 18.3 Å². The molecule has 0 unspecified atom stereocenters. The molecule has 0 radical (unpaired) electrons. The smallest absolute Gasteiger partial charge is 0.481 e. The number of carboxylic acid groups (broad SMARTS) is 1. The number of halogens is 2. The largest absolute Gasteiger partial charge is 0.586 e. The summed E-state index contributed by atoms with van der Waals surface area (Å²) in [5.41, 5.74) is -0.102. The van der Waals surface area contributed by atoms with Crippen molar-refractivity contribution < 1.29 is 28.2 Å². The number of aliphatic carboxylic acids is 1. The molecular weight excluding hydrogens is 274 g/mol. The minimum Gasteiger partial charge on any atom is -0.481 e. The zero-order valence-electron chi connectivity index (χ0n) is 10.3. The molecule has 20 heavy (non-hydrogen) atoms. The summed E-state index contributed by atoms with van der Waals surface area (Å²) in [5.74, 6) is -1.04. The molecule has 2 aliphatic heterocycles. The number of fused-ring (bicyclic) bond motifs is 1. The second kappa shape index (κ2) is 4.20. The van der Waals surface area contributed by atoms with Gasteiger partial charge in [-0.2, -0.15) is 0 Å². The van der Waals surface area contributed by atoms with E-state index in [4.69, 9.17) is 5.11 Å². The van der Waals surface area contributed by atoms with E-state index in [1.807, 2.05) is 0 Å². The Morgan fingerprint density at radius 1 is 1.35 bits per heavy atom. The van der Waals surface area contributed by atoms with E-state index in [0.717, 1.165) is 0 Å². The van der Waals surface area contributed by atoms with Gasteiger partial charge in [0.05, 0.1) is 12.0 Å². The Kier molecular flexibility index (Phi) is 2.72. The zero-order chi connectivity index (χ0) is 14.4. The topological polar surface area (TPSA) is 79.8 Å². The monoisotopic (exact) mass is 286 g/mol. The second-order valence-electron chi connectivity index (χ2n) is 4.91. The lowest BCUT2D eigenvalue weighted by Crippen LogP contribution is -2.65. The highest BCUT2D eigenvalue weighted by Crippen LogP contribution is 2.42. The van der Waals surface area contributed by atoms with Gasteiger partial charge in [-0.05, 0) is 12.1 Å². The number of ether oxygens (including phenoxy) is 2. The molecule has 2 aliphatic rings. The van der Waals surface area contributed by atoms with Gasteiger partial charge in [-0.3, -0.25) is 4.79 Å². The van der Waals surface area contributed by atoms with Gasteiger partial charge in [-0.25, -0.2) is 0 Å². The minimum absolute atomic E-state index is 0.0421. The molecule has 0 spiro atoms. The molecule has 1 aromatic rings. The Labute approximate surface area is 112 Å². The van der Waals surface area contributed by atoms with Gasteiger partial charge < -0.3 is 25.2 Å². The molecular formula is C12H12F2N2O4. The second-order valence-corrected chi connectivity index (χ2v) is 4.91. The summed E-state index contributed by atoms with van der Waals surface area (Å²) < 4.78 is 34.5. The molecule has 3 rings (SSSR count). The Bertz CT molecular complexity index is 560. The van der Waals surface area contributed by atoms with Gasteiger partial charge in [0.15, 0.2) is 11.5 Å². The summed E-state index contributed by atoms with van der Waals surface area (Å²) in [6.45, 7) is 0.980. The number of alkyl halides is 2. The third kappa shape index (κ3) is 2.34. The first-order valence-corrected chi connectivity index (χ1v) is 5.98. The van der Waals surface area contributed by atoms with E-state index in [2.05, 4.69) is 20.1 Å². The summed E-state index contributed by atoms with van der Waals surface area (Å²) in [5, 5.41) is 15.0. The van der Waals surface area contributed by atoms with Crippen LogP contribution in [0.2, 0.25) is 0 Å². The lowest BCUT2D eigenvalue weighted by Gasteiger charge is -2.43. The number of benzene rings is 1. The zero-order valence-corrected chi connectivity index (χ0v) is 10.3. The average Bonchev–Trinajstić information content (AvgIpc) is 2.58. The van der Waals surface area contributed by atoms with E-state index < -0.39 is 17.8 Å². The Hall–Kier alpha value is -2.09. The molecule has 3 N–H and O–H groups in total. The van der Waals surface area contributed by atoms with Crippen LogP contribution >= 0.6 is 0 Å². The average molecular weight is 286 g/mol. The van der Waals surface area contributed by atoms with E-state index in [1.165, 1.54) is 12.1 Å². The molecule has 0 bridgehead atoms. The number of carbonyl (C=O) groups is 1. The summed E-state index contributed by atoms with van der Waals surface area (Å²) in [4.78, 5) is 10.9. The van der Waals surface area contributed by atoms with Crippen molar-refractivity contribution in [3.8, 4) is 11.5 Å². The SMILES string of the molecule is O=C(O)CC1(Nc2ccc3c(c2)OC(F)(F)O3)CNC1. The third-order valence-electron chi connectivity index (χ3n) is 3.23. The molecule has 0 aliphatic carbocycles. The molecule has 108 valence electrons. The fourth-order valence-corrected chi connectivity index (χ4v) is 2.31. The first kappa shape index (κ1) is 12.9. The number of anilines is 1. The van der Waals surface area contributed by atoms with Crippen LogP contribution in [0, 0.1) is 0 Å². The van der Waals surface area contributed by atoms with Crippen molar-refractivity contribution in [3.05, 3.63) is 18.2 Å². The maximum absolute atomic E-state index is 12.9. The molecule has 1 aromatic carbocycles. The number of carboxylic acids is 1. The summed E-state index contributed by atoms with van der Waals surface area (Å²) >= 11 is 0. The fraction of sp³-hybridized carbons (Fsp3) is 0.417. The molecule has 8 heteroatoms. The molecule has 6 nitrogen and oxygen atoms in total. The Morgan fingerprint density at radius 2 is 2.05 bits per heavy atom. The van der Waals surface area contributed by atoms with E-state index in [0.29, 0.717) is 18.8 Å². The quantitative estimate of drug-likeness (QED) is 0.772. The number of hydrogen-bond acceptors (Lipinski definition) is 5. The molecule has 1 saturated heterocycles. The van der Waals surface area contributed by atoms with Gasteiger partial charge in [0.1, 0.15) is 0 Å². The van der Waals surface area contributed by atoms with Crippen LogP contribution in [0.15, 0.2) is 18.2 Å². The van der Waals surface area contributed by atoms with Crippen LogP contribution in [-0.2, 0) is 4.79 Å². The third-order valence-corrected chi connectivity index (χ3v) is 3.23. The predicted octanol–water partition coefficient (Wildman–Crippen LogP) is 1.24. The van der Waals surface area contributed by atoms with Gasteiger partial charge in [0, 0.05) is 24.8 Å². The Morgan fingerprint density at radius 3 is 2.65 bits per heavy atom. The van der Waals surface area contributed by atoms with Crippen LogP contribution in [0.4, 0.5) is 14.5 Å². The van der Waals surface area contributed by atoms with E-state index in [9.17, 15) is 13.6 Å². The van der Waals surface area contributed by atoms with Crippen molar-refractivity contribution in [2.24, 2.45) is 0 Å². The van der Waals surface area contributed by atoms with Gasteiger partial charge in [-0.1, -0.05) is 0 Å². The molecule has 0 atom stereocenters. The molecule has 0 amide bonds. The van der Waals surface area contributed by atoms with Crippen LogP contribution in [0.1, 0.15) is 6.42 Å². The van der Waals surface area contributed by atoms with Crippen LogP contribution in [-0.4, -0.2) is 36.0 Å². The number of nitrogens with one attached hydrogen (secondary N) is 2. The molecule has 0 aromatic heterocycles. The van der Waals surface area contributed by atoms with Crippen molar-refractivity contribution in [1.82, 2.24) is 5.32 Å². The van der Waals surface area contributed by atoms with Gasteiger partial charge >= 0.3 is 12.3 Å². The highest BCUT2D eigenvalue weighted by Gasteiger charge is 2.44. The highest BCUT2D eigenvalue weighted by molar-refractivity contribution is 5.70. The molecule has 1 fully saturated rings. The van der Waals surface area contributed by atoms with Gasteiger partial charge in [-0.15, -0.1) is 8.78 Å².